The fourth-order valence-corrected chi connectivity index (χ4v) is 3.85. The Morgan fingerprint density at radius 2 is 1.67 bits per heavy atom. The van der Waals surface area contributed by atoms with Crippen molar-refractivity contribution in [2.45, 2.75) is 58.8 Å². The minimum Gasteiger partial charge on any atom is -0.299 e. The van der Waals surface area contributed by atoms with Gasteiger partial charge >= 0.3 is 0 Å². The van der Waals surface area contributed by atoms with Crippen molar-refractivity contribution >= 4 is 5.78 Å². The van der Waals surface area contributed by atoms with E-state index in [2.05, 4.69) is 13.8 Å². The van der Waals surface area contributed by atoms with Crippen molar-refractivity contribution < 1.29 is 4.79 Å². The highest BCUT2D eigenvalue weighted by Gasteiger charge is 2.34. The lowest BCUT2D eigenvalue weighted by molar-refractivity contribution is -0.127. The largest absolute Gasteiger partial charge is 0.299 e. The summed E-state index contributed by atoms with van der Waals surface area (Å²) in [7, 11) is 0. The van der Waals surface area contributed by atoms with Gasteiger partial charge in [-0.25, -0.2) is 0 Å². The van der Waals surface area contributed by atoms with Gasteiger partial charge in [-0.2, -0.15) is 0 Å². The molecule has 0 N–H and O–H groups in total. The molecule has 0 aliphatic heterocycles. The standard InChI is InChI=1S/C14H24O/c1-10-7-11(2)9-12(8-10)13-5-3-4-6-14(13)15/h10-13H,3-9H2,1-2H3. The van der Waals surface area contributed by atoms with E-state index in [4.69, 9.17) is 0 Å². The molecule has 0 amide bonds. The third-order valence-corrected chi connectivity index (χ3v) is 4.39. The van der Waals surface area contributed by atoms with Crippen LogP contribution >= 0.6 is 0 Å². The van der Waals surface area contributed by atoms with Crippen molar-refractivity contribution in [3.63, 3.8) is 0 Å². The van der Waals surface area contributed by atoms with Gasteiger partial charge in [-0.05, 0) is 49.9 Å². The third kappa shape index (κ3) is 2.62. The van der Waals surface area contributed by atoms with Crippen LogP contribution in [0.4, 0.5) is 0 Å². The van der Waals surface area contributed by atoms with E-state index in [0.717, 1.165) is 30.6 Å². The Morgan fingerprint density at radius 3 is 2.27 bits per heavy atom. The molecule has 0 aromatic carbocycles. The van der Waals surface area contributed by atoms with E-state index in [0.29, 0.717) is 11.7 Å². The summed E-state index contributed by atoms with van der Waals surface area (Å²) >= 11 is 0. The van der Waals surface area contributed by atoms with Crippen LogP contribution in [0.5, 0.6) is 0 Å². The lowest BCUT2D eigenvalue weighted by Gasteiger charge is -2.37. The number of carbonyl (C=O) groups excluding carboxylic acids is 1. The molecule has 15 heavy (non-hydrogen) atoms. The zero-order valence-corrected chi connectivity index (χ0v) is 10.2. The van der Waals surface area contributed by atoms with E-state index in [1.807, 2.05) is 0 Å². The van der Waals surface area contributed by atoms with Crippen LogP contribution < -0.4 is 0 Å². The van der Waals surface area contributed by atoms with Gasteiger partial charge in [0.05, 0.1) is 0 Å². The lowest BCUT2D eigenvalue weighted by atomic mass is 9.67. The predicted octanol–water partition coefficient (Wildman–Crippen LogP) is 3.82. The summed E-state index contributed by atoms with van der Waals surface area (Å²) in [5, 5.41) is 0. The number of carbonyl (C=O) groups is 1. The smallest absolute Gasteiger partial charge is 0.136 e. The Bertz CT molecular complexity index is 223. The first-order valence-electron chi connectivity index (χ1n) is 6.69. The van der Waals surface area contributed by atoms with Crippen LogP contribution in [0, 0.1) is 23.7 Å². The SMILES string of the molecule is CC1CC(C)CC(C2CCCCC2=O)C1. The minimum atomic E-state index is 0.434. The first kappa shape index (κ1) is 11.2. The Balaban J connectivity index is 1.99. The Morgan fingerprint density at radius 1 is 1.00 bits per heavy atom. The molecule has 3 unspecified atom stereocenters. The van der Waals surface area contributed by atoms with Crippen LogP contribution in [0.25, 0.3) is 0 Å². The molecule has 0 spiro atoms. The zero-order valence-electron chi connectivity index (χ0n) is 10.2. The average Bonchev–Trinajstić information content (AvgIpc) is 2.16. The highest BCUT2D eigenvalue weighted by Crippen LogP contribution is 2.40. The molecule has 2 fully saturated rings. The van der Waals surface area contributed by atoms with Crippen LogP contribution in [0.15, 0.2) is 0 Å². The summed E-state index contributed by atoms with van der Waals surface area (Å²) in [5.41, 5.74) is 0. The van der Waals surface area contributed by atoms with Gasteiger partial charge in [0.25, 0.3) is 0 Å². The molecule has 0 heterocycles. The molecular formula is C14H24O. The second-order valence-corrected chi connectivity index (χ2v) is 6.00. The number of ketones is 1. The minimum absolute atomic E-state index is 0.434. The lowest BCUT2D eigenvalue weighted by Crippen LogP contribution is -2.32. The number of rotatable bonds is 1. The van der Waals surface area contributed by atoms with E-state index in [9.17, 15) is 4.79 Å². The predicted molar refractivity (Wildman–Crippen MR) is 62.6 cm³/mol. The molecule has 0 bridgehead atoms. The molecule has 1 heteroatoms. The molecule has 2 saturated carbocycles. The normalized spacial score (nSPS) is 42.9. The molecule has 2 rings (SSSR count). The van der Waals surface area contributed by atoms with Crippen molar-refractivity contribution in [3.05, 3.63) is 0 Å². The fourth-order valence-electron chi connectivity index (χ4n) is 3.85. The third-order valence-electron chi connectivity index (χ3n) is 4.39. The summed E-state index contributed by atoms with van der Waals surface area (Å²) in [6.07, 6.45) is 8.47. The van der Waals surface area contributed by atoms with Crippen molar-refractivity contribution in [1.82, 2.24) is 0 Å². The Labute approximate surface area is 93.6 Å². The number of Topliss-reactive ketones (excluding diaryl/α,β-unsaturated/α-hetero) is 1. The molecule has 0 aromatic rings. The molecule has 0 saturated heterocycles. The average molecular weight is 208 g/mol. The fraction of sp³-hybridized carbons (Fsp3) is 0.929. The maximum absolute atomic E-state index is 11.9. The second kappa shape index (κ2) is 4.67. The monoisotopic (exact) mass is 208 g/mol. The van der Waals surface area contributed by atoms with E-state index in [-0.39, 0.29) is 0 Å². The van der Waals surface area contributed by atoms with Crippen LogP contribution in [0.1, 0.15) is 58.8 Å². The van der Waals surface area contributed by atoms with E-state index in [1.165, 1.54) is 32.1 Å². The summed E-state index contributed by atoms with van der Waals surface area (Å²) in [4.78, 5) is 11.9. The van der Waals surface area contributed by atoms with Gasteiger partial charge in [-0.15, -0.1) is 0 Å². The zero-order chi connectivity index (χ0) is 10.8. The first-order valence-corrected chi connectivity index (χ1v) is 6.69. The van der Waals surface area contributed by atoms with Gasteiger partial charge in [0, 0.05) is 12.3 Å². The van der Waals surface area contributed by atoms with E-state index in [1.54, 1.807) is 0 Å². The summed E-state index contributed by atoms with van der Waals surface area (Å²) < 4.78 is 0. The van der Waals surface area contributed by atoms with Crippen molar-refractivity contribution in [1.29, 1.82) is 0 Å². The summed E-state index contributed by atoms with van der Waals surface area (Å²) in [6.45, 7) is 4.71. The van der Waals surface area contributed by atoms with Gasteiger partial charge in [0.15, 0.2) is 0 Å². The Hall–Kier alpha value is -0.330. The first-order chi connectivity index (χ1) is 7.16. The van der Waals surface area contributed by atoms with Crippen molar-refractivity contribution in [2.24, 2.45) is 23.7 Å². The molecule has 86 valence electrons. The molecular weight excluding hydrogens is 184 g/mol. The topological polar surface area (TPSA) is 17.1 Å². The number of hydrogen-bond acceptors (Lipinski definition) is 1. The van der Waals surface area contributed by atoms with E-state index < -0.39 is 0 Å². The highest BCUT2D eigenvalue weighted by molar-refractivity contribution is 5.81. The van der Waals surface area contributed by atoms with Gasteiger partial charge in [-0.3, -0.25) is 4.79 Å². The number of hydrogen-bond donors (Lipinski definition) is 0. The molecule has 0 aromatic heterocycles. The van der Waals surface area contributed by atoms with Crippen LogP contribution in [0.2, 0.25) is 0 Å². The van der Waals surface area contributed by atoms with Gasteiger partial charge in [0.1, 0.15) is 5.78 Å². The molecule has 2 aliphatic carbocycles. The van der Waals surface area contributed by atoms with Crippen LogP contribution in [0.3, 0.4) is 0 Å². The van der Waals surface area contributed by atoms with Crippen molar-refractivity contribution in [3.8, 4) is 0 Å². The van der Waals surface area contributed by atoms with Gasteiger partial charge in [0.2, 0.25) is 0 Å². The molecule has 3 atom stereocenters. The molecule has 1 nitrogen and oxygen atoms in total. The maximum atomic E-state index is 11.9. The molecule has 2 aliphatic rings. The van der Waals surface area contributed by atoms with Gasteiger partial charge in [-0.1, -0.05) is 20.3 Å². The summed E-state index contributed by atoms with van der Waals surface area (Å²) in [6, 6.07) is 0. The van der Waals surface area contributed by atoms with Crippen molar-refractivity contribution in [2.75, 3.05) is 0 Å². The van der Waals surface area contributed by atoms with Gasteiger partial charge < -0.3 is 0 Å². The summed E-state index contributed by atoms with van der Waals surface area (Å²) in [5.74, 6) is 3.41. The second-order valence-electron chi connectivity index (χ2n) is 6.00. The molecule has 0 radical (unpaired) electrons. The quantitative estimate of drug-likeness (QED) is 0.640. The highest BCUT2D eigenvalue weighted by atomic mass is 16.1. The maximum Gasteiger partial charge on any atom is 0.136 e. The van der Waals surface area contributed by atoms with Crippen LogP contribution in [-0.2, 0) is 4.79 Å². The van der Waals surface area contributed by atoms with E-state index >= 15 is 0 Å². The Kier molecular flexibility index (Phi) is 3.48. The van der Waals surface area contributed by atoms with Crippen LogP contribution in [-0.4, -0.2) is 5.78 Å².